The van der Waals surface area contributed by atoms with E-state index in [9.17, 15) is 31.0 Å². The molecule has 3 N–H and O–H groups in total. The molecule has 4 rings (SSSR count). The molecule has 4 unspecified atom stereocenters. The Morgan fingerprint density at radius 2 is 1.61 bits per heavy atom. The summed E-state index contributed by atoms with van der Waals surface area (Å²) in [5.74, 6) is 1.28. The maximum Gasteiger partial charge on any atom is 0.397 e. The first-order chi connectivity index (χ1) is 17.4. The molecule has 4 aliphatic carbocycles. The Bertz CT molecular complexity index is 1120. The van der Waals surface area contributed by atoms with Crippen LogP contribution in [-0.4, -0.2) is 49.4 Å². The SMILES string of the molecule is CC(C)CC(O)C[C@@H](C)[C@H]1CC[C@H]2[C@@H]3CC(OS(=O)(=O)O)C4CC(OS(=O)(=O)O)CC[C@]4(C)C3=CC[C@]12C. The van der Waals surface area contributed by atoms with Gasteiger partial charge in [-0.1, -0.05) is 46.3 Å². The van der Waals surface area contributed by atoms with Gasteiger partial charge in [-0.05, 0) is 104 Å². The second-order valence-corrected chi connectivity index (χ2v) is 15.6. The lowest BCUT2D eigenvalue weighted by Crippen LogP contribution is -2.55. The van der Waals surface area contributed by atoms with Gasteiger partial charge in [0, 0.05) is 0 Å². The zero-order chi connectivity index (χ0) is 28.3. The van der Waals surface area contributed by atoms with Crippen molar-refractivity contribution in [2.45, 2.75) is 111 Å². The van der Waals surface area contributed by atoms with E-state index in [4.69, 9.17) is 8.37 Å². The van der Waals surface area contributed by atoms with Gasteiger partial charge in [-0.25, -0.2) is 8.37 Å². The van der Waals surface area contributed by atoms with Crippen LogP contribution in [0.25, 0.3) is 0 Å². The Morgan fingerprint density at radius 3 is 2.21 bits per heavy atom. The van der Waals surface area contributed by atoms with E-state index < -0.39 is 38.4 Å². The molecule has 0 saturated heterocycles. The highest BCUT2D eigenvalue weighted by atomic mass is 32.3. The first-order valence-corrected chi connectivity index (χ1v) is 16.9. The number of rotatable bonds is 9. The van der Waals surface area contributed by atoms with E-state index in [1.54, 1.807) is 0 Å². The molecule has 3 fully saturated rings. The van der Waals surface area contributed by atoms with E-state index in [0.717, 1.165) is 32.1 Å². The topological polar surface area (TPSA) is 147 Å². The van der Waals surface area contributed by atoms with E-state index in [0.29, 0.717) is 42.9 Å². The van der Waals surface area contributed by atoms with Crippen LogP contribution in [0.15, 0.2) is 11.6 Å². The van der Waals surface area contributed by atoms with Gasteiger partial charge in [-0.3, -0.25) is 9.11 Å². The summed E-state index contributed by atoms with van der Waals surface area (Å²) in [6, 6.07) is 0. The Morgan fingerprint density at radius 1 is 0.947 bits per heavy atom. The van der Waals surface area contributed by atoms with Crippen molar-refractivity contribution >= 4 is 20.8 Å². The van der Waals surface area contributed by atoms with Gasteiger partial charge in [0.25, 0.3) is 0 Å². The van der Waals surface area contributed by atoms with Crippen LogP contribution in [0, 0.1) is 46.3 Å². The molecule has 220 valence electrons. The maximum atomic E-state index is 11.9. The second-order valence-electron chi connectivity index (χ2n) is 13.5. The minimum atomic E-state index is -4.73. The molecule has 9 nitrogen and oxygen atoms in total. The monoisotopic (exact) mass is 578 g/mol. The number of aliphatic hydroxyl groups excluding tert-OH is 1. The Hall–Kier alpha value is -0.560. The molecular weight excluding hydrogens is 532 g/mol. The molecule has 0 aromatic heterocycles. The number of hydrogen-bond acceptors (Lipinski definition) is 7. The molecule has 0 aliphatic heterocycles. The fraction of sp³-hybridized carbons (Fsp3) is 0.926. The molecule has 0 radical (unpaired) electrons. The lowest BCUT2D eigenvalue weighted by atomic mass is 9.47. The normalized spacial score (nSPS) is 41.1. The summed E-state index contributed by atoms with van der Waals surface area (Å²) in [5, 5.41) is 10.6. The van der Waals surface area contributed by atoms with Crippen LogP contribution in [0.4, 0.5) is 0 Å². The molecule has 0 aromatic carbocycles. The van der Waals surface area contributed by atoms with Crippen molar-refractivity contribution < 1.29 is 39.4 Å². The van der Waals surface area contributed by atoms with Crippen molar-refractivity contribution in [1.82, 2.24) is 0 Å². The molecule has 0 bridgehead atoms. The second kappa shape index (κ2) is 10.7. The number of aliphatic hydroxyl groups is 1. The van der Waals surface area contributed by atoms with Crippen LogP contribution < -0.4 is 0 Å². The van der Waals surface area contributed by atoms with Gasteiger partial charge in [0.15, 0.2) is 0 Å². The summed E-state index contributed by atoms with van der Waals surface area (Å²) in [6.07, 6.45) is 6.57. The highest BCUT2D eigenvalue weighted by Gasteiger charge is 2.60. The summed E-state index contributed by atoms with van der Waals surface area (Å²) >= 11 is 0. The van der Waals surface area contributed by atoms with Crippen molar-refractivity contribution in [3.63, 3.8) is 0 Å². The standard InChI is InChI=1S/C27H46O9S2/c1-16(2)12-18(28)13-17(3)21-6-7-22-20-15-25(36-38(32,33)34)24-14-19(35-37(29,30)31)8-10-27(24,5)23(20)9-11-26(21,22)4/h9,16-22,24-25,28H,6-8,10-15H2,1-5H3,(H,29,30,31)(H,32,33,34)/t17-,18?,19?,20+,21-,22+,24?,25?,26-,27-/m1/s1. The summed E-state index contributed by atoms with van der Waals surface area (Å²) in [7, 11) is -9.38. The first kappa shape index (κ1) is 30.4. The zero-order valence-electron chi connectivity index (χ0n) is 23.2. The van der Waals surface area contributed by atoms with Gasteiger partial charge in [0.1, 0.15) is 0 Å². The quantitative estimate of drug-likeness (QED) is 0.254. The Labute approximate surface area is 228 Å². The van der Waals surface area contributed by atoms with E-state index in [1.807, 2.05) is 0 Å². The van der Waals surface area contributed by atoms with Gasteiger partial charge in [-0.2, -0.15) is 16.8 Å². The third kappa shape index (κ3) is 6.19. The Balaban J connectivity index is 1.62. The summed E-state index contributed by atoms with van der Waals surface area (Å²) in [5.41, 5.74) is 0.872. The third-order valence-corrected chi connectivity index (χ3v) is 11.6. The van der Waals surface area contributed by atoms with Crippen LogP contribution in [-0.2, 0) is 29.2 Å². The average Bonchev–Trinajstić information content (AvgIpc) is 3.09. The van der Waals surface area contributed by atoms with E-state index in [-0.39, 0.29) is 29.8 Å². The lowest BCUT2D eigenvalue weighted by molar-refractivity contribution is -0.0705. The van der Waals surface area contributed by atoms with E-state index >= 15 is 0 Å². The van der Waals surface area contributed by atoms with Crippen molar-refractivity contribution in [3.8, 4) is 0 Å². The van der Waals surface area contributed by atoms with Crippen LogP contribution in [0.5, 0.6) is 0 Å². The van der Waals surface area contributed by atoms with Crippen molar-refractivity contribution in [3.05, 3.63) is 11.6 Å². The van der Waals surface area contributed by atoms with Gasteiger partial charge >= 0.3 is 20.8 Å². The Kier molecular flexibility index (Phi) is 8.55. The van der Waals surface area contributed by atoms with Crippen LogP contribution >= 0.6 is 0 Å². The van der Waals surface area contributed by atoms with E-state index in [1.165, 1.54) is 5.57 Å². The number of hydrogen-bond donors (Lipinski definition) is 3. The lowest BCUT2D eigenvalue weighted by Gasteiger charge is -2.58. The fourth-order valence-corrected chi connectivity index (χ4v) is 10.3. The molecule has 10 atom stereocenters. The molecule has 0 aromatic rings. The summed E-state index contributed by atoms with van der Waals surface area (Å²) < 4.78 is 75.6. The van der Waals surface area contributed by atoms with Crippen LogP contribution in [0.2, 0.25) is 0 Å². The first-order valence-electron chi connectivity index (χ1n) is 14.1. The minimum Gasteiger partial charge on any atom is -0.393 e. The third-order valence-electron chi connectivity index (χ3n) is 10.6. The number of fused-ring (bicyclic) bond motifs is 5. The van der Waals surface area contributed by atoms with Crippen molar-refractivity contribution in [1.29, 1.82) is 0 Å². The zero-order valence-corrected chi connectivity index (χ0v) is 24.9. The van der Waals surface area contributed by atoms with E-state index in [2.05, 4.69) is 40.7 Å². The largest absolute Gasteiger partial charge is 0.397 e. The molecule has 0 amide bonds. The van der Waals surface area contributed by atoms with Crippen molar-refractivity contribution in [2.75, 3.05) is 0 Å². The smallest absolute Gasteiger partial charge is 0.393 e. The highest BCUT2D eigenvalue weighted by molar-refractivity contribution is 7.81. The molecule has 4 aliphatic rings. The van der Waals surface area contributed by atoms with Gasteiger partial charge in [-0.15, -0.1) is 0 Å². The predicted octanol–water partition coefficient (Wildman–Crippen LogP) is 4.98. The van der Waals surface area contributed by atoms with Gasteiger partial charge in [0.05, 0.1) is 18.3 Å². The molecule has 0 spiro atoms. The molecule has 38 heavy (non-hydrogen) atoms. The fourth-order valence-electron chi connectivity index (χ4n) is 9.24. The summed E-state index contributed by atoms with van der Waals surface area (Å²) in [4.78, 5) is 0. The maximum absolute atomic E-state index is 11.9. The van der Waals surface area contributed by atoms with Crippen molar-refractivity contribution in [2.24, 2.45) is 46.3 Å². The van der Waals surface area contributed by atoms with Gasteiger partial charge < -0.3 is 5.11 Å². The average molecular weight is 579 g/mol. The minimum absolute atomic E-state index is 0.0161. The van der Waals surface area contributed by atoms with Gasteiger partial charge in [0.2, 0.25) is 0 Å². The number of allylic oxidation sites excluding steroid dienone is 2. The predicted molar refractivity (Wildman–Crippen MR) is 143 cm³/mol. The molecule has 0 heterocycles. The molecule has 11 heteroatoms. The summed E-state index contributed by atoms with van der Waals surface area (Å²) in [6.45, 7) is 10.9. The highest BCUT2D eigenvalue weighted by Crippen LogP contribution is 2.67. The van der Waals surface area contributed by atoms with Crippen LogP contribution in [0.3, 0.4) is 0 Å². The molecule has 3 saturated carbocycles. The molecular formula is C27H46O9S2. The van der Waals surface area contributed by atoms with Crippen LogP contribution in [0.1, 0.15) is 92.4 Å².